The molecular weight excluding hydrogens is 508 g/mol. The Kier molecular flexibility index (Phi) is 6.58. The van der Waals surface area contributed by atoms with E-state index in [1.807, 2.05) is 80.6 Å². The molecule has 1 spiro atoms. The molecule has 8 nitrogen and oxygen atoms in total. The molecule has 210 valence electrons. The van der Waals surface area contributed by atoms with Gasteiger partial charge in [0.2, 0.25) is 5.91 Å². The molecule has 2 saturated heterocycles. The number of carbonyl (C=O) groups is 3. The molecule has 0 aliphatic carbocycles. The number of fused-ring (bicyclic) bond motifs is 3. The number of aliphatic hydroxyl groups excluding tert-OH is 1. The van der Waals surface area contributed by atoms with E-state index in [0.717, 1.165) is 10.8 Å². The minimum absolute atomic E-state index is 0.162. The third-order valence-electron chi connectivity index (χ3n) is 8.85. The van der Waals surface area contributed by atoms with Crippen molar-refractivity contribution in [3.8, 4) is 0 Å². The lowest BCUT2D eigenvalue weighted by atomic mass is 9.74. The molecule has 4 heterocycles. The minimum Gasteiger partial charge on any atom is -0.465 e. The number of hydrogen-bond acceptors (Lipinski definition) is 6. The first-order valence-corrected chi connectivity index (χ1v) is 14.2. The van der Waals surface area contributed by atoms with Gasteiger partial charge < -0.3 is 24.4 Å². The van der Waals surface area contributed by atoms with Crippen molar-refractivity contribution >= 4 is 34.2 Å². The molecule has 0 bridgehead atoms. The number of ether oxygens (including phenoxy) is 2. The van der Waals surface area contributed by atoms with Crippen molar-refractivity contribution in [1.29, 1.82) is 0 Å². The van der Waals surface area contributed by atoms with Crippen LogP contribution in [-0.2, 0) is 23.9 Å². The number of benzene rings is 2. The Labute approximate surface area is 234 Å². The molecule has 6 rings (SSSR count). The third kappa shape index (κ3) is 3.99. The van der Waals surface area contributed by atoms with E-state index in [1.165, 1.54) is 4.90 Å². The highest BCUT2D eigenvalue weighted by atomic mass is 16.6. The highest BCUT2D eigenvalue weighted by molar-refractivity contribution is 6.06. The number of esters is 1. The number of amides is 2. The molecule has 0 saturated carbocycles. The number of aliphatic hydroxyl groups is 1. The van der Waals surface area contributed by atoms with Crippen LogP contribution >= 0.6 is 0 Å². The molecule has 4 aliphatic rings. The van der Waals surface area contributed by atoms with Crippen molar-refractivity contribution < 1.29 is 29.0 Å². The first-order chi connectivity index (χ1) is 19.2. The molecule has 40 heavy (non-hydrogen) atoms. The molecule has 2 fully saturated rings. The van der Waals surface area contributed by atoms with Crippen LogP contribution in [0.15, 0.2) is 66.8 Å². The lowest BCUT2D eigenvalue weighted by Crippen LogP contribution is -2.59. The number of carbonyl (C=O) groups excluding carboxylic acids is 3. The van der Waals surface area contributed by atoms with E-state index < -0.39 is 41.1 Å². The Balaban J connectivity index is 1.51. The molecule has 6 atom stereocenters. The lowest BCUT2D eigenvalue weighted by Gasteiger charge is -2.40. The normalized spacial score (nSPS) is 32.4. The Morgan fingerprint density at radius 1 is 1.00 bits per heavy atom. The molecular formula is C32H36N2O6. The maximum atomic E-state index is 14.7. The van der Waals surface area contributed by atoms with Crippen LogP contribution in [0.25, 0.3) is 10.8 Å². The zero-order valence-corrected chi connectivity index (χ0v) is 23.2. The summed E-state index contributed by atoms with van der Waals surface area (Å²) < 4.78 is 12.4. The van der Waals surface area contributed by atoms with Gasteiger partial charge in [-0.1, -0.05) is 68.5 Å². The summed E-state index contributed by atoms with van der Waals surface area (Å²) in [5.41, 5.74) is -1.81. The summed E-state index contributed by atoms with van der Waals surface area (Å²) in [5.74, 6) is -2.88. The summed E-state index contributed by atoms with van der Waals surface area (Å²) >= 11 is 0. The van der Waals surface area contributed by atoms with Crippen LogP contribution in [0.1, 0.15) is 33.6 Å². The molecule has 8 heteroatoms. The second-order valence-corrected chi connectivity index (χ2v) is 11.9. The van der Waals surface area contributed by atoms with Gasteiger partial charge >= 0.3 is 5.97 Å². The standard InChI is InChI=1S/C32H36N2O6/c1-20(2)17-24(19-35)34-27-29(37)33(23-12-11-21-9-4-5-10-22(21)18-23)15-8-14-32(27)25(28(34)36)26-30(38)39-16-7-6-13-31(26,3)40-32/h4-6,8-14,18,20,24-27,35H,7,15-17,19H2,1-3H3/t24-,25+,26-,27?,31+,32+/m1/s1. The third-order valence-corrected chi connectivity index (χ3v) is 8.85. The summed E-state index contributed by atoms with van der Waals surface area (Å²) in [6.45, 7) is 6.03. The minimum atomic E-state index is -1.39. The second-order valence-electron chi connectivity index (χ2n) is 11.9. The number of nitrogens with zero attached hydrogens (tertiary/aromatic N) is 2. The average molecular weight is 545 g/mol. The summed E-state index contributed by atoms with van der Waals surface area (Å²) in [6, 6.07) is 12.1. The Morgan fingerprint density at radius 2 is 1.77 bits per heavy atom. The van der Waals surface area contributed by atoms with Crippen molar-refractivity contribution in [2.45, 2.75) is 56.9 Å². The maximum absolute atomic E-state index is 14.7. The molecule has 4 aliphatic heterocycles. The topological polar surface area (TPSA) is 96.4 Å². The van der Waals surface area contributed by atoms with Gasteiger partial charge in [-0.3, -0.25) is 14.4 Å². The van der Waals surface area contributed by atoms with Crippen LogP contribution < -0.4 is 4.90 Å². The van der Waals surface area contributed by atoms with E-state index in [0.29, 0.717) is 18.5 Å². The van der Waals surface area contributed by atoms with Gasteiger partial charge in [-0.15, -0.1) is 0 Å². The Hall–Kier alpha value is -3.49. The van der Waals surface area contributed by atoms with E-state index in [-0.39, 0.29) is 37.5 Å². The van der Waals surface area contributed by atoms with Crippen LogP contribution in [0.3, 0.4) is 0 Å². The fraction of sp³-hybridized carbons (Fsp3) is 0.469. The second kappa shape index (κ2) is 9.85. The van der Waals surface area contributed by atoms with Crippen LogP contribution in [0.4, 0.5) is 5.69 Å². The molecule has 2 amide bonds. The first-order valence-electron chi connectivity index (χ1n) is 14.2. The highest BCUT2D eigenvalue weighted by Crippen LogP contribution is 2.58. The predicted molar refractivity (Wildman–Crippen MR) is 150 cm³/mol. The van der Waals surface area contributed by atoms with Crippen LogP contribution in [0, 0.1) is 17.8 Å². The van der Waals surface area contributed by atoms with Crippen molar-refractivity contribution in [3.05, 3.63) is 66.8 Å². The van der Waals surface area contributed by atoms with Crippen molar-refractivity contribution in [2.75, 3.05) is 24.7 Å². The van der Waals surface area contributed by atoms with Gasteiger partial charge in [0, 0.05) is 12.2 Å². The Bertz CT molecular complexity index is 1420. The number of hydrogen-bond donors (Lipinski definition) is 1. The summed E-state index contributed by atoms with van der Waals surface area (Å²) in [6.07, 6.45) is 8.49. The quantitative estimate of drug-likeness (QED) is 0.456. The summed E-state index contributed by atoms with van der Waals surface area (Å²) in [5, 5.41) is 12.6. The monoisotopic (exact) mass is 544 g/mol. The van der Waals surface area contributed by atoms with Gasteiger partial charge in [0.25, 0.3) is 5.91 Å². The van der Waals surface area contributed by atoms with Gasteiger partial charge in [0.15, 0.2) is 0 Å². The van der Waals surface area contributed by atoms with Crippen molar-refractivity contribution in [3.63, 3.8) is 0 Å². The van der Waals surface area contributed by atoms with Gasteiger partial charge in [-0.2, -0.15) is 0 Å². The number of anilines is 1. The molecule has 2 aromatic rings. The average Bonchev–Trinajstić information content (AvgIpc) is 3.25. The largest absolute Gasteiger partial charge is 0.465 e. The number of cyclic esters (lactones) is 1. The van der Waals surface area contributed by atoms with E-state index in [4.69, 9.17) is 9.47 Å². The molecule has 0 aromatic heterocycles. The molecule has 1 unspecified atom stereocenters. The SMILES string of the molecule is CC(C)C[C@H](CO)N1C(=O)[C@@H]2[C@@H]3C(=O)OCCC=C[C@]3(C)O[C@@]23C=CCN(c2ccc4ccccc4c2)C(=O)C13. The van der Waals surface area contributed by atoms with Crippen LogP contribution in [0.5, 0.6) is 0 Å². The van der Waals surface area contributed by atoms with Crippen molar-refractivity contribution in [2.24, 2.45) is 17.8 Å². The van der Waals surface area contributed by atoms with E-state index in [9.17, 15) is 19.5 Å². The maximum Gasteiger partial charge on any atom is 0.313 e. The van der Waals surface area contributed by atoms with Gasteiger partial charge in [-0.25, -0.2) is 0 Å². The lowest BCUT2D eigenvalue weighted by molar-refractivity contribution is -0.160. The summed E-state index contributed by atoms with van der Waals surface area (Å²) in [7, 11) is 0. The summed E-state index contributed by atoms with van der Waals surface area (Å²) in [4.78, 5) is 45.8. The van der Waals surface area contributed by atoms with Gasteiger partial charge in [0.1, 0.15) is 17.6 Å². The van der Waals surface area contributed by atoms with E-state index in [1.54, 1.807) is 11.8 Å². The van der Waals surface area contributed by atoms with Gasteiger partial charge in [0.05, 0.1) is 30.8 Å². The zero-order valence-electron chi connectivity index (χ0n) is 23.2. The predicted octanol–water partition coefficient (Wildman–Crippen LogP) is 3.62. The molecule has 1 N–H and O–H groups in total. The fourth-order valence-corrected chi connectivity index (χ4v) is 7.22. The smallest absolute Gasteiger partial charge is 0.313 e. The van der Waals surface area contributed by atoms with Crippen LogP contribution in [-0.4, -0.2) is 70.8 Å². The Morgan fingerprint density at radius 3 is 2.52 bits per heavy atom. The first kappa shape index (κ1) is 26.7. The highest BCUT2D eigenvalue weighted by Gasteiger charge is 2.75. The van der Waals surface area contributed by atoms with Crippen molar-refractivity contribution in [1.82, 2.24) is 4.90 Å². The number of rotatable bonds is 5. The number of likely N-dealkylation sites (tertiary alicyclic amines) is 1. The molecule has 0 radical (unpaired) electrons. The van der Waals surface area contributed by atoms with E-state index >= 15 is 0 Å². The fourth-order valence-electron chi connectivity index (χ4n) is 7.22. The van der Waals surface area contributed by atoms with E-state index in [2.05, 4.69) is 0 Å². The molecule has 2 aromatic carbocycles. The van der Waals surface area contributed by atoms with Gasteiger partial charge in [-0.05, 0) is 48.6 Å². The van der Waals surface area contributed by atoms with Crippen LogP contribution in [0.2, 0.25) is 0 Å². The zero-order chi connectivity index (χ0) is 28.2.